The summed E-state index contributed by atoms with van der Waals surface area (Å²) in [5.74, 6) is 1.39. The monoisotopic (exact) mass is 334 g/mol. The first-order valence-electron chi connectivity index (χ1n) is 6.53. The molecule has 1 heterocycles. The van der Waals surface area contributed by atoms with Gasteiger partial charge in [0.15, 0.2) is 0 Å². The first-order chi connectivity index (χ1) is 9.41. The largest absolute Gasteiger partial charge is 0.438 e. The van der Waals surface area contributed by atoms with Crippen molar-refractivity contribution in [1.82, 2.24) is 4.98 Å². The maximum absolute atomic E-state index is 6.00. The number of rotatable bonds is 3. The van der Waals surface area contributed by atoms with Gasteiger partial charge >= 0.3 is 0 Å². The number of pyridine rings is 1. The van der Waals surface area contributed by atoms with Crippen LogP contribution in [-0.2, 0) is 12.0 Å². The minimum atomic E-state index is 0.00876. The molecule has 0 bridgehead atoms. The number of benzene rings is 1. The third-order valence-corrected chi connectivity index (χ3v) is 3.45. The highest BCUT2D eigenvalue weighted by Crippen LogP contribution is 2.34. The van der Waals surface area contributed by atoms with Crippen LogP contribution in [0.3, 0.4) is 0 Å². The number of aromatic nitrogens is 1. The second-order valence-corrected chi connectivity index (χ2v) is 6.59. The van der Waals surface area contributed by atoms with Gasteiger partial charge in [0.25, 0.3) is 0 Å². The summed E-state index contributed by atoms with van der Waals surface area (Å²) in [5.41, 5.74) is 7.79. The molecule has 2 aromatic rings. The number of para-hydroxylation sites is 1. The Morgan fingerprint density at radius 3 is 2.60 bits per heavy atom. The lowest BCUT2D eigenvalue weighted by atomic mass is 9.86. The van der Waals surface area contributed by atoms with Gasteiger partial charge in [-0.1, -0.05) is 39.0 Å². The number of ether oxygens (including phenoxy) is 1. The first-order valence-corrected chi connectivity index (χ1v) is 7.33. The predicted molar refractivity (Wildman–Crippen MR) is 85.0 cm³/mol. The molecule has 2 rings (SSSR count). The molecule has 1 aromatic heterocycles. The number of halogens is 1. The molecule has 2 N–H and O–H groups in total. The summed E-state index contributed by atoms with van der Waals surface area (Å²) in [5, 5.41) is 0. The number of nitrogens with two attached hydrogens (primary N) is 1. The first kappa shape index (κ1) is 15.0. The van der Waals surface area contributed by atoms with Crippen LogP contribution >= 0.6 is 15.9 Å². The van der Waals surface area contributed by atoms with Gasteiger partial charge in [-0.3, -0.25) is 0 Å². The van der Waals surface area contributed by atoms with Crippen molar-refractivity contribution >= 4 is 15.9 Å². The van der Waals surface area contributed by atoms with Gasteiger partial charge in [0.05, 0.1) is 0 Å². The van der Waals surface area contributed by atoms with Crippen molar-refractivity contribution in [2.45, 2.75) is 32.7 Å². The van der Waals surface area contributed by atoms with Crippen LogP contribution in [0.1, 0.15) is 31.9 Å². The van der Waals surface area contributed by atoms with Gasteiger partial charge in [0.2, 0.25) is 5.88 Å². The molecule has 4 heteroatoms. The fourth-order valence-corrected chi connectivity index (χ4v) is 2.36. The fraction of sp³-hybridized carbons (Fsp3) is 0.312. The highest BCUT2D eigenvalue weighted by Gasteiger charge is 2.19. The minimum Gasteiger partial charge on any atom is -0.438 e. The molecule has 0 aliphatic rings. The molecule has 20 heavy (non-hydrogen) atoms. The fourth-order valence-electron chi connectivity index (χ4n) is 1.99. The highest BCUT2D eigenvalue weighted by molar-refractivity contribution is 9.10. The molecule has 0 unspecified atom stereocenters. The molecule has 0 aliphatic heterocycles. The van der Waals surface area contributed by atoms with Gasteiger partial charge in [0, 0.05) is 28.3 Å². The van der Waals surface area contributed by atoms with Crippen molar-refractivity contribution in [2.75, 3.05) is 0 Å². The Labute approximate surface area is 128 Å². The molecule has 0 saturated heterocycles. The van der Waals surface area contributed by atoms with Gasteiger partial charge in [-0.2, -0.15) is 0 Å². The Morgan fingerprint density at radius 2 is 1.95 bits per heavy atom. The molecular weight excluding hydrogens is 316 g/mol. The third-order valence-electron chi connectivity index (χ3n) is 3.01. The Morgan fingerprint density at radius 1 is 1.25 bits per heavy atom. The molecule has 0 aliphatic carbocycles. The lowest BCUT2D eigenvalue weighted by Gasteiger charge is -2.22. The van der Waals surface area contributed by atoms with Crippen LogP contribution in [0.4, 0.5) is 0 Å². The lowest BCUT2D eigenvalue weighted by Crippen LogP contribution is -2.13. The van der Waals surface area contributed by atoms with Gasteiger partial charge in [0.1, 0.15) is 5.75 Å². The van der Waals surface area contributed by atoms with Crippen molar-refractivity contribution in [3.05, 3.63) is 52.1 Å². The number of nitrogens with zero attached hydrogens (tertiary/aromatic N) is 1. The minimum absolute atomic E-state index is 0.00876. The van der Waals surface area contributed by atoms with Crippen molar-refractivity contribution in [1.29, 1.82) is 0 Å². The van der Waals surface area contributed by atoms with E-state index in [1.165, 1.54) is 0 Å². The Hall–Kier alpha value is -1.39. The molecule has 0 atom stereocenters. The molecule has 106 valence electrons. The van der Waals surface area contributed by atoms with Crippen molar-refractivity contribution < 1.29 is 4.74 Å². The molecule has 0 saturated carbocycles. The van der Waals surface area contributed by atoms with Crippen LogP contribution in [-0.4, -0.2) is 4.98 Å². The quantitative estimate of drug-likeness (QED) is 0.905. The van der Waals surface area contributed by atoms with Crippen molar-refractivity contribution in [3.63, 3.8) is 0 Å². The van der Waals surface area contributed by atoms with Crippen molar-refractivity contribution in [2.24, 2.45) is 5.73 Å². The van der Waals surface area contributed by atoms with E-state index in [1.807, 2.05) is 24.3 Å². The summed E-state index contributed by atoms with van der Waals surface area (Å²) in [6.07, 6.45) is 1.72. The highest BCUT2D eigenvalue weighted by atomic mass is 79.9. The van der Waals surface area contributed by atoms with E-state index in [9.17, 15) is 0 Å². The van der Waals surface area contributed by atoms with E-state index >= 15 is 0 Å². The Balaban J connectivity index is 2.41. The molecule has 0 spiro atoms. The number of hydrogen-bond donors (Lipinski definition) is 1. The van der Waals surface area contributed by atoms with E-state index in [0.29, 0.717) is 12.4 Å². The average molecular weight is 335 g/mol. The second-order valence-electron chi connectivity index (χ2n) is 5.67. The normalized spacial score (nSPS) is 11.4. The van der Waals surface area contributed by atoms with E-state index in [2.05, 4.69) is 47.8 Å². The summed E-state index contributed by atoms with van der Waals surface area (Å²) in [6.45, 7) is 6.87. The predicted octanol–water partition coefficient (Wildman–Crippen LogP) is 4.39. The molecule has 0 radical (unpaired) electrons. The zero-order valence-electron chi connectivity index (χ0n) is 12.0. The summed E-state index contributed by atoms with van der Waals surface area (Å²) < 4.78 is 6.90. The van der Waals surface area contributed by atoms with E-state index < -0.39 is 0 Å². The van der Waals surface area contributed by atoms with Crippen LogP contribution < -0.4 is 10.5 Å². The van der Waals surface area contributed by atoms with Gasteiger partial charge in [-0.15, -0.1) is 0 Å². The average Bonchev–Trinajstić information content (AvgIpc) is 2.40. The smallest absolute Gasteiger partial charge is 0.223 e. The van der Waals surface area contributed by atoms with E-state index in [0.717, 1.165) is 21.3 Å². The zero-order valence-corrected chi connectivity index (χ0v) is 13.6. The third kappa shape index (κ3) is 3.38. The molecule has 3 nitrogen and oxygen atoms in total. The van der Waals surface area contributed by atoms with Crippen LogP contribution in [0.5, 0.6) is 11.6 Å². The maximum atomic E-state index is 6.00. The van der Waals surface area contributed by atoms with Crippen molar-refractivity contribution in [3.8, 4) is 11.6 Å². The van der Waals surface area contributed by atoms with E-state index in [-0.39, 0.29) is 5.41 Å². The van der Waals surface area contributed by atoms with Crippen LogP contribution in [0.25, 0.3) is 0 Å². The second kappa shape index (κ2) is 5.94. The van der Waals surface area contributed by atoms with Crippen LogP contribution in [0.2, 0.25) is 0 Å². The van der Waals surface area contributed by atoms with Crippen LogP contribution in [0, 0.1) is 0 Å². The summed E-state index contributed by atoms with van der Waals surface area (Å²) >= 11 is 3.40. The van der Waals surface area contributed by atoms with Gasteiger partial charge < -0.3 is 10.5 Å². The molecule has 0 amide bonds. The van der Waals surface area contributed by atoms with E-state index in [4.69, 9.17) is 10.5 Å². The zero-order chi connectivity index (χ0) is 14.8. The molecule has 1 aromatic carbocycles. The summed E-state index contributed by atoms with van der Waals surface area (Å²) in [7, 11) is 0. The Kier molecular flexibility index (Phi) is 4.45. The summed E-state index contributed by atoms with van der Waals surface area (Å²) in [6, 6.07) is 9.96. The van der Waals surface area contributed by atoms with E-state index in [1.54, 1.807) is 6.20 Å². The summed E-state index contributed by atoms with van der Waals surface area (Å²) in [4.78, 5) is 4.32. The molecular formula is C16H19BrN2O. The SMILES string of the molecule is CC(C)(C)c1ccccc1Oc1ncc(Br)cc1CN. The molecule has 0 fully saturated rings. The van der Waals surface area contributed by atoms with Gasteiger partial charge in [-0.05, 0) is 33.5 Å². The van der Waals surface area contributed by atoms with Gasteiger partial charge in [-0.25, -0.2) is 4.98 Å². The number of hydrogen-bond acceptors (Lipinski definition) is 3. The lowest BCUT2D eigenvalue weighted by molar-refractivity contribution is 0.434. The maximum Gasteiger partial charge on any atom is 0.223 e. The standard InChI is InChI=1S/C16H19BrN2O/c1-16(2,3)13-6-4-5-7-14(13)20-15-11(9-18)8-12(17)10-19-15/h4-8,10H,9,18H2,1-3H3. The topological polar surface area (TPSA) is 48.1 Å². The Bertz CT molecular complexity index is 606. The van der Waals surface area contributed by atoms with Crippen LogP contribution in [0.15, 0.2) is 41.0 Å².